The van der Waals surface area contributed by atoms with Gasteiger partial charge in [0.1, 0.15) is 5.75 Å². The molecule has 0 spiro atoms. The molecule has 21 heavy (non-hydrogen) atoms. The maximum absolute atomic E-state index is 5.75. The van der Waals surface area contributed by atoms with Crippen LogP contribution in [0.15, 0.2) is 46.9 Å². The van der Waals surface area contributed by atoms with Gasteiger partial charge in [-0.05, 0) is 37.6 Å². The van der Waals surface area contributed by atoms with Gasteiger partial charge in [-0.3, -0.25) is 0 Å². The Morgan fingerprint density at radius 2 is 1.95 bits per heavy atom. The number of hydrogen-bond donors (Lipinski definition) is 1. The van der Waals surface area contributed by atoms with Gasteiger partial charge in [-0.1, -0.05) is 45.8 Å². The highest BCUT2D eigenvalue weighted by Gasteiger charge is 2.23. The quantitative estimate of drug-likeness (QED) is 0.851. The number of hydrogen-bond acceptors (Lipinski definition) is 2. The molecule has 2 aromatic rings. The summed E-state index contributed by atoms with van der Waals surface area (Å²) in [5, 5.41) is 3.74. The molecule has 1 aliphatic rings. The molecule has 3 rings (SSSR count). The van der Waals surface area contributed by atoms with E-state index in [-0.39, 0.29) is 0 Å². The number of rotatable bonds is 3. The maximum Gasteiger partial charge on any atom is 0.124 e. The number of ether oxygens (including phenoxy) is 1. The van der Waals surface area contributed by atoms with Gasteiger partial charge in [-0.15, -0.1) is 0 Å². The fourth-order valence-electron chi connectivity index (χ4n) is 2.79. The van der Waals surface area contributed by atoms with E-state index in [1.165, 1.54) is 16.7 Å². The molecule has 1 N–H and O–H groups in total. The molecular formula is C18H20BrNO. The molecule has 2 nitrogen and oxygen atoms in total. The predicted octanol–water partition coefficient (Wildman–Crippen LogP) is 4.93. The average Bonchev–Trinajstić information content (AvgIpc) is 2.48. The van der Waals surface area contributed by atoms with Crippen LogP contribution in [0.5, 0.6) is 5.75 Å². The Morgan fingerprint density at radius 3 is 2.71 bits per heavy atom. The summed E-state index contributed by atoms with van der Waals surface area (Å²) in [5.74, 6) is 0.998. The van der Waals surface area contributed by atoms with E-state index in [2.05, 4.69) is 65.4 Å². The minimum absolute atomic E-state index is 0.320. The molecule has 0 aromatic heterocycles. The second-order valence-corrected chi connectivity index (χ2v) is 6.59. The van der Waals surface area contributed by atoms with Crippen LogP contribution in [0, 0.1) is 6.92 Å². The monoisotopic (exact) mass is 345 g/mol. The zero-order chi connectivity index (χ0) is 14.8. The van der Waals surface area contributed by atoms with E-state index in [0.717, 1.165) is 23.2 Å². The molecular weight excluding hydrogens is 326 g/mol. The normalized spacial score (nSPS) is 18.7. The Balaban J connectivity index is 1.80. The van der Waals surface area contributed by atoms with E-state index in [4.69, 9.17) is 4.74 Å². The topological polar surface area (TPSA) is 21.3 Å². The van der Waals surface area contributed by atoms with Crippen LogP contribution < -0.4 is 10.1 Å². The third kappa shape index (κ3) is 3.30. The van der Waals surface area contributed by atoms with Crippen LogP contribution in [0.2, 0.25) is 0 Å². The van der Waals surface area contributed by atoms with Crippen molar-refractivity contribution in [2.24, 2.45) is 0 Å². The van der Waals surface area contributed by atoms with Crippen molar-refractivity contribution in [3.8, 4) is 5.75 Å². The van der Waals surface area contributed by atoms with Crippen LogP contribution in [-0.4, -0.2) is 6.61 Å². The van der Waals surface area contributed by atoms with Gasteiger partial charge in [0, 0.05) is 28.5 Å². The summed E-state index contributed by atoms with van der Waals surface area (Å²) in [6, 6.07) is 15.6. The minimum atomic E-state index is 0.320. The standard InChI is InChI=1S/C18H20BrNO/c1-12-3-5-14(6-4-12)13(2)20-17-9-10-21-18-8-7-15(19)11-16(17)18/h3-8,11,13,17,20H,9-10H2,1-2H3/t13-,17?/m0/s1. The van der Waals surface area contributed by atoms with Gasteiger partial charge in [-0.25, -0.2) is 0 Å². The van der Waals surface area contributed by atoms with Crippen molar-refractivity contribution in [3.63, 3.8) is 0 Å². The van der Waals surface area contributed by atoms with Gasteiger partial charge in [-0.2, -0.15) is 0 Å². The van der Waals surface area contributed by atoms with Crippen molar-refractivity contribution in [1.29, 1.82) is 0 Å². The first-order valence-electron chi connectivity index (χ1n) is 7.38. The molecule has 0 aliphatic carbocycles. The molecule has 110 valence electrons. The number of aryl methyl sites for hydroxylation is 1. The van der Waals surface area contributed by atoms with Crippen LogP contribution in [-0.2, 0) is 0 Å². The van der Waals surface area contributed by atoms with Crippen LogP contribution in [0.3, 0.4) is 0 Å². The van der Waals surface area contributed by atoms with Crippen LogP contribution in [0.4, 0.5) is 0 Å². The lowest BCUT2D eigenvalue weighted by molar-refractivity contribution is 0.246. The Hall–Kier alpha value is -1.32. The van der Waals surface area contributed by atoms with Gasteiger partial charge in [0.05, 0.1) is 6.61 Å². The summed E-state index contributed by atoms with van der Waals surface area (Å²) >= 11 is 3.55. The van der Waals surface area contributed by atoms with E-state index in [1.54, 1.807) is 0 Å². The lowest BCUT2D eigenvalue weighted by Gasteiger charge is -2.29. The lowest BCUT2D eigenvalue weighted by atomic mass is 9.98. The number of halogens is 1. The summed E-state index contributed by atoms with van der Waals surface area (Å²) in [6.45, 7) is 5.11. The summed E-state index contributed by atoms with van der Waals surface area (Å²) in [6.07, 6.45) is 1.000. The van der Waals surface area contributed by atoms with Crippen molar-refractivity contribution in [1.82, 2.24) is 5.32 Å². The maximum atomic E-state index is 5.75. The predicted molar refractivity (Wildman–Crippen MR) is 89.7 cm³/mol. The van der Waals surface area contributed by atoms with E-state index < -0.39 is 0 Å². The number of benzene rings is 2. The van der Waals surface area contributed by atoms with Gasteiger partial charge in [0.25, 0.3) is 0 Å². The molecule has 2 aromatic carbocycles. The van der Waals surface area contributed by atoms with Crippen molar-refractivity contribution < 1.29 is 4.74 Å². The molecule has 0 bridgehead atoms. The second-order valence-electron chi connectivity index (χ2n) is 5.67. The van der Waals surface area contributed by atoms with Crippen molar-refractivity contribution in [2.75, 3.05) is 6.61 Å². The van der Waals surface area contributed by atoms with Crippen molar-refractivity contribution >= 4 is 15.9 Å². The molecule has 2 atom stereocenters. The molecule has 0 radical (unpaired) electrons. The molecule has 1 heterocycles. The van der Waals surface area contributed by atoms with Gasteiger partial charge >= 0.3 is 0 Å². The third-order valence-corrected chi connectivity index (χ3v) is 4.53. The van der Waals surface area contributed by atoms with Crippen LogP contribution >= 0.6 is 15.9 Å². The van der Waals surface area contributed by atoms with Gasteiger partial charge in [0.15, 0.2) is 0 Å². The van der Waals surface area contributed by atoms with E-state index >= 15 is 0 Å². The summed E-state index contributed by atoms with van der Waals surface area (Å²) < 4.78 is 6.85. The van der Waals surface area contributed by atoms with Gasteiger partial charge < -0.3 is 10.1 Å². The minimum Gasteiger partial charge on any atom is -0.493 e. The van der Waals surface area contributed by atoms with Gasteiger partial charge in [0.2, 0.25) is 0 Å². The molecule has 0 fully saturated rings. The average molecular weight is 346 g/mol. The largest absolute Gasteiger partial charge is 0.493 e. The SMILES string of the molecule is Cc1ccc([C@H](C)NC2CCOc3ccc(Br)cc32)cc1. The Labute approximate surface area is 134 Å². The van der Waals surface area contributed by atoms with Crippen molar-refractivity contribution in [3.05, 3.63) is 63.6 Å². The molecule has 0 saturated heterocycles. The highest BCUT2D eigenvalue weighted by Crippen LogP contribution is 2.35. The highest BCUT2D eigenvalue weighted by atomic mass is 79.9. The molecule has 1 aliphatic heterocycles. The molecule has 0 amide bonds. The Bertz CT molecular complexity index is 624. The van der Waals surface area contributed by atoms with E-state index in [0.29, 0.717) is 12.1 Å². The zero-order valence-electron chi connectivity index (χ0n) is 12.4. The highest BCUT2D eigenvalue weighted by molar-refractivity contribution is 9.10. The fraction of sp³-hybridized carbons (Fsp3) is 0.333. The van der Waals surface area contributed by atoms with E-state index in [1.807, 2.05) is 12.1 Å². The zero-order valence-corrected chi connectivity index (χ0v) is 14.0. The molecule has 0 saturated carbocycles. The lowest BCUT2D eigenvalue weighted by Crippen LogP contribution is -2.29. The Kier molecular flexibility index (Phi) is 4.32. The second kappa shape index (κ2) is 6.20. The molecule has 1 unspecified atom stereocenters. The Morgan fingerprint density at radius 1 is 1.19 bits per heavy atom. The molecule has 3 heteroatoms. The first-order valence-corrected chi connectivity index (χ1v) is 8.17. The van der Waals surface area contributed by atoms with Crippen LogP contribution in [0.1, 0.15) is 42.1 Å². The van der Waals surface area contributed by atoms with E-state index in [9.17, 15) is 0 Å². The van der Waals surface area contributed by atoms with Crippen LogP contribution in [0.25, 0.3) is 0 Å². The first-order chi connectivity index (χ1) is 10.1. The first kappa shape index (κ1) is 14.6. The summed E-state index contributed by atoms with van der Waals surface area (Å²) in [7, 11) is 0. The number of fused-ring (bicyclic) bond motifs is 1. The summed E-state index contributed by atoms with van der Waals surface area (Å²) in [5.41, 5.74) is 3.87. The third-order valence-electron chi connectivity index (χ3n) is 4.04. The summed E-state index contributed by atoms with van der Waals surface area (Å²) in [4.78, 5) is 0. The number of nitrogens with one attached hydrogen (secondary N) is 1. The fourth-order valence-corrected chi connectivity index (χ4v) is 3.17. The smallest absolute Gasteiger partial charge is 0.124 e. The van der Waals surface area contributed by atoms with Crippen molar-refractivity contribution in [2.45, 2.75) is 32.4 Å².